The van der Waals surface area contributed by atoms with Crippen molar-refractivity contribution in [3.05, 3.63) is 22.7 Å². The highest BCUT2D eigenvalue weighted by Crippen LogP contribution is 2.34. The second-order valence-electron chi connectivity index (χ2n) is 3.17. The summed E-state index contributed by atoms with van der Waals surface area (Å²) in [7, 11) is 3.03. The van der Waals surface area contributed by atoms with Gasteiger partial charge in [0.25, 0.3) is 0 Å². The lowest BCUT2D eigenvalue weighted by Crippen LogP contribution is -2.11. The molecule has 1 atom stereocenters. The van der Waals surface area contributed by atoms with Gasteiger partial charge in [-0.3, -0.25) is 4.79 Å². The monoisotopic (exact) mass is 306 g/mol. The maximum absolute atomic E-state index is 11.8. The van der Waals surface area contributed by atoms with Gasteiger partial charge in [0.1, 0.15) is 0 Å². The summed E-state index contributed by atoms with van der Waals surface area (Å²) in [5.74, 6) is 0.903. The number of alkyl halides is 1. The van der Waals surface area contributed by atoms with Crippen molar-refractivity contribution in [1.82, 2.24) is 0 Å². The molecule has 1 aromatic rings. The van der Waals surface area contributed by atoms with Gasteiger partial charge in [-0.15, -0.1) is 0 Å². The van der Waals surface area contributed by atoms with Crippen molar-refractivity contribution in [3.63, 3.8) is 0 Å². The van der Waals surface area contributed by atoms with Gasteiger partial charge in [-0.1, -0.05) is 27.5 Å². The lowest BCUT2D eigenvalue weighted by atomic mass is 10.1. The molecule has 0 aliphatic carbocycles. The molecule has 1 aromatic carbocycles. The molecule has 0 radical (unpaired) electrons. The highest BCUT2D eigenvalue weighted by Gasteiger charge is 2.18. The molecule has 16 heavy (non-hydrogen) atoms. The molecular formula is C11H12BrClO3. The molecule has 0 aromatic heterocycles. The van der Waals surface area contributed by atoms with Crippen molar-refractivity contribution < 1.29 is 14.3 Å². The molecule has 0 heterocycles. The minimum absolute atomic E-state index is 0.0917. The van der Waals surface area contributed by atoms with Gasteiger partial charge in [0.15, 0.2) is 17.3 Å². The van der Waals surface area contributed by atoms with E-state index in [1.54, 1.807) is 19.1 Å². The smallest absolute Gasteiger partial charge is 0.177 e. The highest BCUT2D eigenvalue weighted by molar-refractivity contribution is 9.10. The summed E-state index contributed by atoms with van der Waals surface area (Å²) in [6, 6.07) is 3.16. The van der Waals surface area contributed by atoms with Gasteiger partial charge < -0.3 is 9.47 Å². The van der Waals surface area contributed by atoms with E-state index in [2.05, 4.69) is 15.9 Å². The summed E-state index contributed by atoms with van der Waals surface area (Å²) in [6.07, 6.45) is 0. The SMILES string of the molecule is COc1cc(Cl)c(C(=O)C(C)Br)cc1OC. The topological polar surface area (TPSA) is 35.5 Å². The fourth-order valence-electron chi connectivity index (χ4n) is 1.26. The molecular weight excluding hydrogens is 295 g/mol. The predicted molar refractivity (Wildman–Crippen MR) is 67.3 cm³/mol. The molecule has 0 N–H and O–H groups in total. The molecule has 5 heteroatoms. The Hall–Kier alpha value is -0.740. The van der Waals surface area contributed by atoms with Crippen LogP contribution in [0.2, 0.25) is 5.02 Å². The zero-order chi connectivity index (χ0) is 12.3. The van der Waals surface area contributed by atoms with Crippen LogP contribution in [0, 0.1) is 0 Å². The molecule has 3 nitrogen and oxygen atoms in total. The fourth-order valence-corrected chi connectivity index (χ4v) is 1.75. The Labute approximate surface area is 108 Å². The summed E-state index contributed by atoms with van der Waals surface area (Å²) in [6.45, 7) is 1.75. The second kappa shape index (κ2) is 5.55. The number of ether oxygens (including phenoxy) is 2. The third kappa shape index (κ3) is 2.68. The average Bonchev–Trinajstić information content (AvgIpc) is 2.27. The number of benzene rings is 1. The Bertz CT molecular complexity index is 404. The summed E-state index contributed by atoms with van der Waals surface area (Å²) in [4.78, 5) is 11.5. The van der Waals surface area contributed by atoms with E-state index in [0.717, 1.165) is 0 Å². The normalized spacial score (nSPS) is 12.1. The molecule has 0 fully saturated rings. The van der Waals surface area contributed by atoms with Gasteiger partial charge in [0.05, 0.1) is 24.1 Å². The molecule has 0 amide bonds. The number of ketones is 1. The average molecular weight is 308 g/mol. The lowest BCUT2D eigenvalue weighted by molar-refractivity contribution is 0.0995. The first-order valence-electron chi connectivity index (χ1n) is 4.61. The third-order valence-electron chi connectivity index (χ3n) is 2.10. The first-order chi connectivity index (χ1) is 7.51. The van der Waals surface area contributed by atoms with E-state index in [4.69, 9.17) is 21.1 Å². The Kier molecular flexibility index (Phi) is 4.62. The van der Waals surface area contributed by atoms with Crippen LogP contribution in [0.3, 0.4) is 0 Å². The predicted octanol–water partition coefficient (Wildman–Crippen LogP) is 3.32. The van der Waals surface area contributed by atoms with Crippen molar-refractivity contribution in [2.75, 3.05) is 14.2 Å². The van der Waals surface area contributed by atoms with Gasteiger partial charge in [0, 0.05) is 11.6 Å². The minimum Gasteiger partial charge on any atom is -0.493 e. The Morgan fingerprint density at radius 1 is 1.31 bits per heavy atom. The van der Waals surface area contributed by atoms with Crippen molar-refractivity contribution in [3.8, 4) is 11.5 Å². The van der Waals surface area contributed by atoms with Gasteiger partial charge >= 0.3 is 0 Å². The van der Waals surface area contributed by atoms with E-state index >= 15 is 0 Å². The summed E-state index contributed by atoms with van der Waals surface area (Å²) in [5, 5.41) is 0.356. The number of Topliss-reactive ketones (excluding diaryl/α,β-unsaturated/α-hetero) is 1. The molecule has 1 rings (SSSR count). The Balaban J connectivity index is 3.26. The van der Waals surface area contributed by atoms with Crippen LogP contribution in [0.15, 0.2) is 12.1 Å². The molecule has 0 bridgehead atoms. The molecule has 0 spiro atoms. The van der Waals surface area contributed by atoms with Crippen LogP contribution < -0.4 is 9.47 Å². The summed E-state index contributed by atoms with van der Waals surface area (Å²) in [5.41, 5.74) is 0.420. The molecule has 0 aliphatic rings. The highest BCUT2D eigenvalue weighted by atomic mass is 79.9. The van der Waals surface area contributed by atoms with E-state index < -0.39 is 0 Å². The Morgan fingerprint density at radius 3 is 2.25 bits per heavy atom. The summed E-state index contributed by atoms with van der Waals surface area (Å²) < 4.78 is 10.2. The van der Waals surface area contributed by atoms with Gasteiger partial charge in [-0.25, -0.2) is 0 Å². The molecule has 88 valence electrons. The third-order valence-corrected chi connectivity index (χ3v) is 2.83. The fraction of sp³-hybridized carbons (Fsp3) is 0.364. The quantitative estimate of drug-likeness (QED) is 0.632. The van der Waals surface area contributed by atoms with Gasteiger partial charge in [-0.2, -0.15) is 0 Å². The zero-order valence-electron chi connectivity index (χ0n) is 9.21. The number of methoxy groups -OCH3 is 2. The summed E-state index contributed by atoms with van der Waals surface area (Å²) >= 11 is 9.21. The van der Waals surface area contributed by atoms with E-state index in [0.29, 0.717) is 22.1 Å². The second-order valence-corrected chi connectivity index (χ2v) is 4.95. The largest absolute Gasteiger partial charge is 0.493 e. The zero-order valence-corrected chi connectivity index (χ0v) is 11.6. The first kappa shape index (κ1) is 13.3. The van der Waals surface area contributed by atoms with Crippen LogP contribution >= 0.6 is 27.5 Å². The first-order valence-corrected chi connectivity index (χ1v) is 5.90. The number of rotatable bonds is 4. The van der Waals surface area contributed by atoms with E-state index in [1.807, 2.05) is 0 Å². The number of carbonyl (C=O) groups is 1. The maximum Gasteiger partial charge on any atom is 0.177 e. The van der Waals surface area contributed by atoms with Crippen LogP contribution in [-0.2, 0) is 0 Å². The maximum atomic E-state index is 11.8. The van der Waals surface area contributed by atoms with Crippen molar-refractivity contribution in [1.29, 1.82) is 0 Å². The molecule has 0 saturated heterocycles. The van der Waals surface area contributed by atoms with Crippen LogP contribution in [0.1, 0.15) is 17.3 Å². The standard InChI is InChI=1S/C11H12BrClO3/c1-6(12)11(14)7-4-9(15-2)10(16-3)5-8(7)13/h4-6H,1-3H3. The molecule has 0 saturated carbocycles. The van der Waals surface area contributed by atoms with E-state index in [9.17, 15) is 4.79 Å². The molecule has 1 unspecified atom stereocenters. The van der Waals surface area contributed by atoms with Crippen molar-refractivity contribution >= 4 is 33.3 Å². The lowest BCUT2D eigenvalue weighted by Gasteiger charge is -2.11. The number of hydrogen-bond donors (Lipinski definition) is 0. The van der Waals surface area contributed by atoms with Crippen molar-refractivity contribution in [2.45, 2.75) is 11.8 Å². The molecule has 0 aliphatic heterocycles. The number of hydrogen-bond acceptors (Lipinski definition) is 3. The van der Waals surface area contributed by atoms with Gasteiger partial charge in [0.2, 0.25) is 0 Å². The van der Waals surface area contributed by atoms with Gasteiger partial charge in [-0.05, 0) is 13.0 Å². The number of carbonyl (C=O) groups excluding carboxylic acids is 1. The van der Waals surface area contributed by atoms with E-state index in [-0.39, 0.29) is 10.6 Å². The van der Waals surface area contributed by atoms with Crippen molar-refractivity contribution in [2.24, 2.45) is 0 Å². The van der Waals surface area contributed by atoms with Crippen LogP contribution in [0.25, 0.3) is 0 Å². The van der Waals surface area contributed by atoms with Crippen LogP contribution in [0.5, 0.6) is 11.5 Å². The Morgan fingerprint density at radius 2 is 1.81 bits per heavy atom. The van der Waals surface area contributed by atoms with Crippen LogP contribution in [-0.4, -0.2) is 24.8 Å². The van der Waals surface area contributed by atoms with Crippen LogP contribution in [0.4, 0.5) is 0 Å². The minimum atomic E-state index is -0.289. The number of halogens is 2. The van der Waals surface area contributed by atoms with E-state index in [1.165, 1.54) is 14.2 Å².